The minimum absolute atomic E-state index is 0.164. The molecule has 0 bridgehead atoms. The van der Waals surface area contributed by atoms with Gasteiger partial charge in [0.1, 0.15) is 0 Å². The summed E-state index contributed by atoms with van der Waals surface area (Å²) in [6.45, 7) is 4.00. The summed E-state index contributed by atoms with van der Waals surface area (Å²) in [7, 11) is -2.39. The molecule has 0 heterocycles. The molecule has 2 N–H and O–H groups in total. The fraction of sp³-hybridized carbons (Fsp3) is 0.364. The molecule has 0 saturated heterocycles. The van der Waals surface area contributed by atoms with E-state index in [0.717, 1.165) is 0 Å². The second-order valence-corrected chi connectivity index (χ2v) is 5.13. The Bertz CT molecular complexity index is 514. The van der Waals surface area contributed by atoms with Crippen LogP contribution in [0.25, 0.3) is 0 Å². The molecule has 18 heavy (non-hydrogen) atoms. The molecule has 0 atom stereocenters. The molecule has 0 aliphatic carbocycles. The third kappa shape index (κ3) is 5.48. The summed E-state index contributed by atoms with van der Waals surface area (Å²) in [6.07, 6.45) is 0. The molecule has 0 spiro atoms. The van der Waals surface area contributed by atoms with E-state index in [2.05, 4.69) is 4.74 Å². The number of hydrogen-bond donors (Lipinski definition) is 1. The quantitative estimate of drug-likeness (QED) is 0.863. The Morgan fingerprint density at radius 2 is 1.94 bits per heavy atom. The number of ether oxygens (including phenoxy) is 1. The summed E-state index contributed by atoms with van der Waals surface area (Å²) in [5.41, 5.74) is 0.600. The van der Waals surface area contributed by atoms with E-state index in [1.54, 1.807) is 0 Å². The number of primary sulfonamides is 1. The van der Waals surface area contributed by atoms with E-state index in [1.165, 1.54) is 25.3 Å². The summed E-state index contributed by atoms with van der Waals surface area (Å²) in [6, 6.07) is 4.20. The molecular formula is C11H16ClNO4S. The van der Waals surface area contributed by atoms with Gasteiger partial charge in [-0.1, -0.05) is 31.5 Å². The number of hydrogen-bond acceptors (Lipinski definition) is 4. The molecule has 1 rings (SSSR count). The van der Waals surface area contributed by atoms with Gasteiger partial charge in [-0.15, -0.1) is 0 Å². The van der Waals surface area contributed by atoms with Gasteiger partial charge in [0.25, 0.3) is 0 Å². The van der Waals surface area contributed by atoms with Crippen LogP contribution in [0, 0.1) is 0 Å². The average Bonchev–Trinajstić information content (AvgIpc) is 2.32. The molecule has 0 unspecified atom stereocenters. The number of sulfonamides is 1. The number of carbonyl (C=O) groups excluding carboxylic acids is 1. The lowest BCUT2D eigenvalue weighted by Gasteiger charge is -2.04. The van der Waals surface area contributed by atoms with Gasteiger partial charge in [0.2, 0.25) is 10.0 Å². The van der Waals surface area contributed by atoms with Crippen molar-refractivity contribution in [1.82, 2.24) is 0 Å². The summed E-state index contributed by atoms with van der Waals surface area (Å²) in [5, 5.41) is 5.05. The number of halogens is 1. The average molecular weight is 294 g/mol. The molecule has 0 radical (unpaired) electrons. The Labute approximate surface area is 112 Å². The highest BCUT2D eigenvalue weighted by Crippen LogP contribution is 2.19. The van der Waals surface area contributed by atoms with Crippen LogP contribution in [0.2, 0.25) is 5.02 Å². The summed E-state index contributed by atoms with van der Waals surface area (Å²) < 4.78 is 26.2. The predicted molar refractivity (Wildman–Crippen MR) is 71.0 cm³/mol. The molecular weight excluding hydrogens is 278 g/mol. The number of esters is 1. The van der Waals surface area contributed by atoms with Crippen molar-refractivity contribution in [2.45, 2.75) is 19.6 Å². The molecule has 0 saturated carbocycles. The van der Waals surface area contributed by atoms with Crippen LogP contribution in [0.4, 0.5) is 0 Å². The molecule has 102 valence electrons. The number of carbonyl (C=O) groups is 1. The Hall–Kier alpha value is -1.11. The lowest BCUT2D eigenvalue weighted by molar-refractivity contribution is 0.0600. The summed E-state index contributed by atoms with van der Waals surface area (Å²) >= 11 is 5.81. The molecule has 0 fully saturated rings. The van der Waals surface area contributed by atoms with E-state index >= 15 is 0 Å². The van der Waals surface area contributed by atoms with Crippen molar-refractivity contribution < 1.29 is 17.9 Å². The minimum Gasteiger partial charge on any atom is -0.465 e. The third-order valence-electron chi connectivity index (χ3n) is 1.83. The number of nitrogens with two attached hydrogens (primary N) is 1. The second-order valence-electron chi connectivity index (χ2n) is 3.10. The van der Waals surface area contributed by atoms with Gasteiger partial charge < -0.3 is 4.74 Å². The maximum absolute atomic E-state index is 11.1. The first-order chi connectivity index (χ1) is 8.33. The van der Waals surface area contributed by atoms with E-state index in [1.807, 2.05) is 13.8 Å². The van der Waals surface area contributed by atoms with Crippen LogP contribution in [-0.4, -0.2) is 21.5 Å². The highest BCUT2D eigenvalue weighted by molar-refractivity contribution is 7.88. The van der Waals surface area contributed by atoms with Gasteiger partial charge in [0.15, 0.2) is 0 Å². The van der Waals surface area contributed by atoms with Crippen molar-refractivity contribution in [2.24, 2.45) is 5.14 Å². The molecule has 0 amide bonds. The maximum atomic E-state index is 11.1. The second kappa shape index (κ2) is 7.35. The number of rotatable bonds is 3. The van der Waals surface area contributed by atoms with Crippen molar-refractivity contribution in [1.29, 1.82) is 0 Å². The number of benzene rings is 1. The highest BCUT2D eigenvalue weighted by atomic mass is 35.5. The zero-order chi connectivity index (χ0) is 14.3. The van der Waals surface area contributed by atoms with E-state index < -0.39 is 16.0 Å². The summed E-state index contributed by atoms with van der Waals surface area (Å²) in [4.78, 5) is 11.1. The van der Waals surface area contributed by atoms with Crippen molar-refractivity contribution in [3.63, 3.8) is 0 Å². The Balaban J connectivity index is 0.00000137. The third-order valence-corrected chi connectivity index (χ3v) is 2.90. The number of methoxy groups -OCH3 is 1. The van der Waals surface area contributed by atoms with Gasteiger partial charge in [0.05, 0.1) is 18.4 Å². The first kappa shape index (κ1) is 16.9. The van der Waals surface area contributed by atoms with Crippen molar-refractivity contribution >= 4 is 27.6 Å². The lowest BCUT2D eigenvalue weighted by Crippen LogP contribution is -2.15. The fourth-order valence-electron chi connectivity index (χ4n) is 1.13. The minimum atomic E-state index is -3.64. The zero-order valence-corrected chi connectivity index (χ0v) is 12.0. The Morgan fingerprint density at radius 3 is 2.33 bits per heavy atom. The van der Waals surface area contributed by atoms with Crippen LogP contribution in [0.1, 0.15) is 29.8 Å². The maximum Gasteiger partial charge on any atom is 0.337 e. The van der Waals surface area contributed by atoms with Crippen LogP contribution in [0.15, 0.2) is 18.2 Å². The van der Waals surface area contributed by atoms with Gasteiger partial charge in [0, 0.05) is 5.02 Å². The predicted octanol–water partition coefficient (Wildman–Crippen LogP) is 1.94. The van der Waals surface area contributed by atoms with E-state index in [4.69, 9.17) is 16.7 Å². The van der Waals surface area contributed by atoms with Crippen LogP contribution in [-0.2, 0) is 20.5 Å². The largest absolute Gasteiger partial charge is 0.465 e. The summed E-state index contributed by atoms with van der Waals surface area (Å²) in [5.74, 6) is -0.906. The Morgan fingerprint density at radius 1 is 1.39 bits per heavy atom. The monoisotopic (exact) mass is 293 g/mol. The van der Waals surface area contributed by atoms with Gasteiger partial charge in [-0.25, -0.2) is 18.4 Å². The SMILES string of the molecule is CC.COC(=O)c1ccc(CS(N)(=O)=O)c(Cl)c1. The molecule has 1 aromatic rings. The van der Waals surface area contributed by atoms with Gasteiger partial charge >= 0.3 is 5.97 Å². The van der Waals surface area contributed by atoms with Gasteiger partial charge in [-0.3, -0.25) is 0 Å². The molecule has 5 nitrogen and oxygen atoms in total. The van der Waals surface area contributed by atoms with Gasteiger partial charge in [-0.2, -0.15) is 0 Å². The van der Waals surface area contributed by atoms with E-state index in [-0.39, 0.29) is 16.3 Å². The first-order valence-electron chi connectivity index (χ1n) is 5.20. The van der Waals surface area contributed by atoms with Gasteiger partial charge in [-0.05, 0) is 17.7 Å². The molecule has 0 aliphatic heterocycles. The smallest absolute Gasteiger partial charge is 0.337 e. The normalized spacial score (nSPS) is 10.3. The van der Waals surface area contributed by atoms with Crippen LogP contribution < -0.4 is 5.14 Å². The first-order valence-corrected chi connectivity index (χ1v) is 7.30. The standard InChI is InChI=1S/C9H10ClNO4S.C2H6/c1-15-9(12)6-2-3-7(8(10)4-6)5-16(11,13)14;1-2/h2-4H,5H2,1H3,(H2,11,13,14);1-2H3. The van der Waals surface area contributed by atoms with Crippen molar-refractivity contribution in [2.75, 3.05) is 7.11 Å². The van der Waals surface area contributed by atoms with Crippen LogP contribution >= 0.6 is 11.6 Å². The fourth-order valence-corrected chi connectivity index (χ4v) is 2.14. The molecule has 0 aliphatic rings. The Kier molecular flexibility index (Phi) is 6.90. The van der Waals surface area contributed by atoms with E-state index in [0.29, 0.717) is 5.56 Å². The molecule has 1 aromatic carbocycles. The molecule has 0 aromatic heterocycles. The van der Waals surface area contributed by atoms with E-state index in [9.17, 15) is 13.2 Å². The topological polar surface area (TPSA) is 86.5 Å². The molecule has 7 heteroatoms. The van der Waals surface area contributed by atoms with Crippen LogP contribution in [0.3, 0.4) is 0 Å². The highest BCUT2D eigenvalue weighted by Gasteiger charge is 2.12. The van der Waals surface area contributed by atoms with Crippen molar-refractivity contribution in [3.8, 4) is 0 Å². The lowest BCUT2D eigenvalue weighted by atomic mass is 10.1. The zero-order valence-electron chi connectivity index (χ0n) is 10.4. The van der Waals surface area contributed by atoms with Crippen LogP contribution in [0.5, 0.6) is 0 Å². The van der Waals surface area contributed by atoms with Crippen molar-refractivity contribution in [3.05, 3.63) is 34.3 Å².